The van der Waals surface area contributed by atoms with Gasteiger partial charge in [-0.25, -0.2) is 0 Å². The minimum Gasteiger partial charge on any atom is -0.314 e. The summed E-state index contributed by atoms with van der Waals surface area (Å²) < 4.78 is 0. The van der Waals surface area contributed by atoms with E-state index in [1.54, 1.807) is 0 Å². The predicted molar refractivity (Wildman–Crippen MR) is 75.1 cm³/mol. The molecule has 0 aliphatic carbocycles. The molecule has 0 unspecified atom stereocenters. The van der Waals surface area contributed by atoms with Gasteiger partial charge in [0.2, 0.25) is 0 Å². The van der Waals surface area contributed by atoms with Gasteiger partial charge in [-0.2, -0.15) is 0 Å². The third-order valence-corrected chi connectivity index (χ3v) is 3.49. The van der Waals surface area contributed by atoms with Crippen molar-refractivity contribution in [3.63, 3.8) is 0 Å². The second-order valence-corrected chi connectivity index (χ2v) is 4.95. The van der Waals surface area contributed by atoms with Crippen LogP contribution in [0.3, 0.4) is 0 Å². The molecule has 17 heavy (non-hydrogen) atoms. The maximum absolute atomic E-state index is 3.55. The molecule has 0 radical (unpaired) electrons. The van der Waals surface area contributed by atoms with Gasteiger partial charge in [0.15, 0.2) is 0 Å². The molecule has 1 aromatic carbocycles. The first-order valence-corrected chi connectivity index (χ1v) is 6.93. The fraction of sp³-hybridized carbons (Fsp3) is 0.600. The molecular formula is C15H26N2. The van der Waals surface area contributed by atoms with Crippen molar-refractivity contribution in [2.75, 3.05) is 13.1 Å². The predicted octanol–water partition coefficient (Wildman–Crippen LogP) is 2.94. The average molecular weight is 234 g/mol. The van der Waals surface area contributed by atoms with Crippen molar-refractivity contribution in [2.45, 2.75) is 44.7 Å². The molecule has 1 aliphatic heterocycles. The number of benzene rings is 1. The average Bonchev–Trinajstić information content (AvgIpc) is 2.88. The SMILES string of the molecule is [HH].c1ccc(CNCCCC[C@H]2CCCN2)cc1. The van der Waals surface area contributed by atoms with Crippen LogP contribution < -0.4 is 10.6 Å². The standard InChI is InChI=1S/C15H24N2.H2/c1-2-7-14(8-3-1)13-16-11-5-4-9-15-10-6-12-17-15;/h1-3,7-8,15-17H,4-6,9-13H2;1H/t15-;/m0./s1. The first-order chi connectivity index (χ1) is 8.45. The first-order valence-electron chi connectivity index (χ1n) is 6.93. The molecule has 1 atom stereocenters. The summed E-state index contributed by atoms with van der Waals surface area (Å²) in [7, 11) is 0. The lowest BCUT2D eigenvalue weighted by molar-refractivity contribution is 0.510. The van der Waals surface area contributed by atoms with Gasteiger partial charge < -0.3 is 10.6 Å². The third-order valence-electron chi connectivity index (χ3n) is 3.49. The maximum atomic E-state index is 3.55. The summed E-state index contributed by atoms with van der Waals surface area (Å²) in [5, 5.41) is 7.06. The molecule has 0 saturated carbocycles. The van der Waals surface area contributed by atoms with Crippen LogP contribution in [-0.4, -0.2) is 19.1 Å². The second kappa shape index (κ2) is 7.46. The van der Waals surface area contributed by atoms with E-state index in [0.29, 0.717) is 0 Å². The van der Waals surface area contributed by atoms with Crippen LogP contribution in [-0.2, 0) is 6.54 Å². The summed E-state index contributed by atoms with van der Waals surface area (Å²) in [6, 6.07) is 11.4. The van der Waals surface area contributed by atoms with Gasteiger partial charge in [0.05, 0.1) is 0 Å². The number of unbranched alkanes of at least 4 members (excludes halogenated alkanes) is 1. The van der Waals surface area contributed by atoms with E-state index in [4.69, 9.17) is 0 Å². The Hall–Kier alpha value is -0.860. The van der Waals surface area contributed by atoms with Gasteiger partial charge in [-0.3, -0.25) is 0 Å². The molecule has 1 fully saturated rings. The highest BCUT2D eigenvalue weighted by atomic mass is 14.9. The van der Waals surface area contributed by atoms with Crippen LogP contribution in [0, 0.1) is 0 Å². The molecule has 1 heterocycles. The van der Waals surface area contributed by atoms with E-state index in [1.807, 2.05) is 0 Å². The lowest BCUT2D eigenvalue weighted by Gasteiger charge is -2.09. The molecular weight excluding hydrogens is 208 g/mol. The lowest BCUT2D eigenvalue weighted by atomic mass is 10.1. The number of hydrogen-bond donors (Lipinski definition) is 2. The highest BCUT2D eigenvalue weighted by molar-refractivity contribution is 5.14. The fourth-order valence-corrected chi connectivity index (χ4v) is 2.47. The number of rotatable bonds is 7. The maximum Gasteiger partial charge on any atom is 0.0205 e. The molecule has 1 aromatic rings. The largest absolute Gasteiger partial charge is 0.314 e. The first kappa shape index (κ1) is 12.6. The van der Waals surface area contributed by atoms with E-state index in [-0.39, 0.29) is 1.43 Å². The van der Waals surface area contributed by atoms with Crippen LogP contribution in [0.4, 0.5) is 0 Å². The Bertz CT molecular complexity index is 297. The molecule has 0 bridgehead atoms. The molecule has 0 amide bonds. The van der Waals surface area contributed by atoms with E-state index in [0.717, 1.165) is 19.1 Å². The molecule has 0 aromatic heterocycles. The summed E-state index contributed by atoms with van der Waals surface area (Å²) in [5.41, 5.74) is 1.38. The molecule has 1 saturated heterocycles. The third kappa shape index (κ3) is 4.88. The number of hydrogen-bond acceptors (Lipinski definition) is 2. The van der Waals surface area contributed by atoms with E-state index in [9.17, 15) is 0 Å². The Balaban J connectivity index is 0.00000162. The summed E-state index contributed by atoms with van der Waals surface area (Å²) in [5.74, 6) is 0. The van der Waals surface area contributed by atoms with Crippen molar-refractivity contribution in [2.24, 2.45) is 0 Å². The Labute approximate surface area is 106 Å². The topological polar surface area (TPSA) is 24.1 Å². The van der Waals surface area contributed by atoms with Gasteiger partial charge in [0.1, 0.15) is 0 Å². The van der Waals surface area contributed by atoms with Crippen LogP contribution in [0.25, 0.3) is 0 Å². The quantitative estimate of drug-likeness (QED) is 0.709. The van der Waals surface area contributed by atoms with E-state index < -0.39 is 0 Å². The van der Waals surface area contributed by atoms with Gasteiger partial charge in [-0.15, -0.1) is 0 Å². The van der Waals surface area contributed by atoms with E-state index in [1.165, 1.54) is 44.2 Å². The van der Waals surface area contributed by atoms with Crippen LogP contribution in [0.1, 0.15) is 39.1 Å². The Morgan fingerprint density at radius 3 is 2.88 bits per heavy atom. The Morgan fingerprint density at radius 2 is 2.12 bits per heavy atom. The van der Waals surface area contributed by atoms with Crippen molar-refractivity contribution in [3.05, 3.63) is 35.9 Å². The monoisotopic (exact) mass is 234 g/mol. The zero-order valence-electron chi connectivity index (χ0n) is 10.6. The second-order valence-electron chi connectivity index (χ2n) is 4.95. The van der Waals surface area contributed by atoms with Gasteiger partial charge in [-0.1, -0.05) is 36.8 Å². The molecule has 2 nitrogen and oxygen atoms in total. The molecule has 2 N–H and O–H groups in total. The smallest absolute Gasteiger partial charge is 0.0205 e. The minimum absolute atomic E-state index is 0. The zero-order valence-corrected chi connectivity index (χ0v) is 10.6. The summed E-state index contributed by atoms with van der Waals surface area (Å²) >= 11 is 0. The van der Waals surface area contributed by atoms with Crippen molar-refractivity contribution in [3.8, 4) is 0 Å². The Morgan fingerprint density at radius 1 is 1.24 bits per heavy atom. The van der Waals surface area contributed by atoms with Gasteiger partial charge >= 0.3 is 0 Å². The lowest BCUT2D eigenvalue weighted by Crippen LogP contribution is -2.21. The fourth-order valence-electron chi connectivity index (χ4n) is 2.47. The molecule has 2 rings (SSSR count). The highest BCUT2D eigenvalue weighted by Gasteiger charge is 2.12. The van der Waals surface area contributed by atoms with Crippen molar-refractivity contribution in [1.82, 2.24) is 10.6 Å². The summed E-state index contributed by atoms with van der Waals surface area (Å²) in [6.45, 7) is 3.38. The van der Waals surface area contributed by atoms with Crippen LogP contribution >= 0.6 is 0 Å². The molecule has 1 aliphatic rings. The van der Waals surface area contributed by atoms with Gasteiger partial charge in [0, 0.05) is 14.0 Å². The molecule has 96 valence electrons. The van der Waals surface area contributed by atoms with E-state index in [2.05, 4.69) is 41.0 Å². The van der Waals surface area contributed by atoms with Crippen molar-refractivity contribution in [1.29, 1.82) is 0 Å². The van der Waals surface area contributed by atoms with Crippen LogP contribution in [0.5, 0.6) is 0 Å². The van der Waals surface area contributed by atoms with Gasteiger partial charge in [-0.05, 0) is 44.3 Å². The van der Waals surface area contributed by atoms with Crippen molar-refractivity contribution >= 4 is 0 Å². The normalized spacial score (nSPS) is 19.6. The molecule has 2 heteroatoms. The zero-order chi connectivity index (χ0) is 11.8. The van der Waals surface area contributed by atoms with Crippen molar-refractivity contribution < 1.29 is 1.43 Å². The summed E-state index contributed by atoms with van der Waals surface area (Å²) in [6.07, 6.45) is 6.76. The summed E-state index contributed by atoms with van der Waals surface area (Å²) in [4.78, 5) is 0. The minimum atomic E-state index is 0. The highest BCUT2D eigenvalue weighted by Crippen LogP contribution is 2.11. The van der Waals surface area contributed by atoms with Crippen LogP contribution in [0.2, 0.25) is 0 Å². The van der Waals surface area contributed by atoms with E-state index >= 15 is 0 Å². The van der Waals surface area contributed by atoms with Gasteiger partial charge in [0.25, 0.3) is 0 Å². The Kier molecular flexibility index (Phi) is 5.53. The number of nitrogens with one attached hydrogen (secondary N) is 2. The molecule has 0 spiro atoms. The van der Waals surface area contributed by atoms with Crippen LogP contribution in [0.15, 0.2) is 30.3 Å².